The van der Waals surface area contributed by atoms with Gasteiger partial charge in [-0.15, -0.1) is 4.40 Å². The molecule has 0 spiro atoms. The Kier molecular flexibility index (Phi) is 6.09. The van der Waals surface area contributed by atoms with Crippen LogP contribution in [0.3, 0.4) is 0 Å². The lowest BCUT2D eigenvalue weighted by molar-refractivity contribution is 0.102. The van der Waals surface area contributed by atoms with Crippen LogP contribution in [0.15, 0.2) is 82.1 Å². The molecule has 168 valence electrons. The van der Waals surface area contributed by atoms with Crippen molar-refractivity contribution in [2.75, 3.05) is 22.5 Å². The maximum Gasteiger partial charge on any atom is 0.319 e. The van der Waals surface area contributed by atoms with Gasteiger partial charge in [0.15, 0.2) is 5.84 Å². The molecule has 0 fully saturated rings. The second-order valence-corrected chi connectivity index (χ2v) is 8.71. The van der Waals surface area contributed by atoms with Crippen LogP contribution in [0.25, 0.3) is 0 Å². The monoisotopic (exact) mass is 463 g/mol. The molecule has 0 unspecified atom stereocenters. The van der Waals surface area contributed by atoms with Gasteiger partial charge < -0.3 is 21.3 Å². The predicted octanol–water partition coefficient (Wildman–Crippen LogP) is 3.64. The van der Waals surface area contributed by atoms with Gasteiger partial charge >= 0.3 is 6.03 Å². The van der Waals surface area contributed by atoms with Gasteiger partial charge in [-0.25, -0.2) is 4.79 Å². The number of anilines is 3. The number of benzene rings is 3. The van der Waals surface area contributed by atoms with Crippen LogP contribution >= 0.6 is 0 Å². The summed E-state index contributed by atoms with van der Waals surface area (Å²) in [5, 5.41) is 11.1. The van der Waals surface area contributed by atoms with Gasteiger partial charge in [0.2, 0.25) is 0 Å². The fourth-order valence-electron chi connectivity index (χ4n) is 3.25. The maximum atomic E-state index is 12.6. The lowest BCUT2D eigenvalue weighted by Crippen LogP contribution is -2.28. The van der Waals surface area contributed by atoms with Crippen molar-refractivity contribution in [3.05, 3.63) is 83.9 Å². The van der Waals surface area contributed by atoms with E-state index in [4.69, 9.17) is 0 Å². The van der Waals surface area contributed by atoms with E-state index in [1.165, 1.54) is 6.07 Å². The first kappa shape index (κ1) is 22.0. The number of carbonyl (C=O) groups is 2. The molecule has 0 saturated heterocycles. The SMILES string of the molecule is CCNC(=O)Nc1cccc(NC(=O)c2ccc(NC3=NS(=O)(=O)c4ccccc43)cc2)c1. The van der Waals surface area contributed by atoms with Gasteiger partial charge in [-0.2, -0.15) is 8.42 Å². The molecule has 3 amide bonds. The first-order valence-corrected chi connectivity index (χ1v) is 11.6. The predicted molar refractivity (Wildman–Crippen MR) is 127 cm³/mol. The van der Waals surface area contributed by atoms with Crippen molar-refractivity contribution in [3.8, 4) is 0 Å². The molecule has 0 atom stereocenters. The first-order chi connectivity index (χ1) is 15.9. The molecule has 3 aromatic rings. The molecule has 1 aliphatic heterocycles. The molecule has 0 radical (unpaired) electrons. The summed E-state index contributed by atoms with van der Waals surface area (Å²) in [6, 6.07) is 19.6. The Morgan fingerprint density at radius 1 is 0.848 bits per heavy atom. The Balaban J connectivity index is 1.43. The Labute approximate surface area is 191 Å². The third kappa shape index (κ3) is 5.01. The molecule has 4 rings (SSSR count). The molecular weight excluding hydrogens is 442 g/mol. The van der Waals surface area contributed by atoms with Gasteiger partial charge in [0, 0.05) is 34.7 Å². The van der Waals surface area contributed by atoms with Crippen molar-refractivity contribution in [1.29, 1.82) is 0 Å². The van der Waals surface area contributed by atoms with Crippen LogP contribution in [0.5, 0.6) is 0 Å². The molecule has 0 aromatic heterocycles. The van der Waals surface area contributed by atoms with Crippen LogP contribution in [0.1, 0.15) is 22.8 Å². The molecule has 0 aliphatic carbocycles. The molecule has 9 nitrogen and oxygen atoms in total. The second-order valence-electron chi connectivity index (χ2n) is 7.13. The van der Waals surface area contributed by atoms with Gasteiger partial charge in [0.1, 0.15) is 4.90 Å². The summed E-state index contributed by atoms with van der Waals surface area (Å²) < 4.78 is 28.2. The number of urea groups is 1. The van der Waals surface area contributed by atoms with Gasteiger partial charge in [-0.1, -0.05) is 18.2 Å². The van der Waals surface area contributed by atoms with Gasteiger partial charge in [-0.05, 0) is 61.5 Å². The largest absolute Gasteiger partial charge is 0.339 e. The molecule has 1 heterocycles. The number of hydrogen-bond acceptors (Lipinski definition) is 5. The van der Waals surface area contributed by atoms with E-state index in [0.29, 0.717) is 34.7 Å². The second kappa shape index (κ2) is 9.13. The highest BCUT2D eigenvalue weighted by Gasteiger charge is 2.28. The molecule has 3 aromatic carbocycles. The van der Waals surface area contributed by atoms with E-state index in [1.54, 1.807) is 66.7 Å². The van der Waals surface area contributed by atoms with Crippen molar-refractivity contribution >= 4 is 44.9 Å². The minimum Gasteiger partial charge on any atom is -0.339 e. The molecule has 33 heavy (non-hydrogen) atoms. The van der Waals surface area contributed by atoms with Crippen molar-refractivity contribution in [2.24, 2.45) is 4.40 Å². The Morgan fingerprint density at radius 2 is 1.55 bits per heavy atom. The van der Waals surface area contributed by atoms with E-state index in [0.717, 1.165) is 0 Å². The first-order valence-electron chi connectivity index (χ1n) is 10.1. The van der Waals surface area contributed by atoms with Crippen LogP contribution in [0, 0.1) is 0 Å². The number of hydrogen-bond donors (Lipinski definition) is 4. The number of rotatable bonds is 5. The topological polar surface area (TPSA) is 129 Å². The normalized spacial score (nSPS) is 13.4. The van der Waals surface area contributed by atoms with E-state index >= 15 is 0 Å². The third-order valence-electron chi connectivity index (χ3n) is 4.76. The van der Waals surface area contributed by atoms with E-state index in [2.05, 4.69) is 25.7 Å². The summed E-state index contributed by atoms with van der Waals surface area (Å²) in [5.41, 5.74) is 2.57. The van der Waals surface area contributed by atoms with E-state index in [9.17, 15) is 18.0 Å². The molecule has 10 heteroatoms. The summed E-state index contributed by atoms with van der Waals surface area (Å²) in [7, 11) is -3.71. The number of fused-ring (bicyclic) bond motifs is 1. The zero-order chi connectivity index (χ0) is 23.4. The zero-order valence-electron chi connectivity index (χ0n) is 17.6. The average Bonchev–Trinajstić information content (AvgIpc) is 3.04. The highest BCUT2D eigenvalue weighted by atomic mass is 32.2. The van der Waals surface area contributed by atoms with Crippen LogP contribution in [-0.2, 0) is 10.0 Å². The fourth-order valence-corrected chi connectivity index (χ4v) is 4.43. The molecule has 4 N–H and O–H groups in total. The van der Waals surface area contributed by atoms with E-state index in [1.807, 2.05) is 6.92 Å². The molecule has 0 saturated carbocycles. The van der Waals surface area contributed by atoms with E-state index < -0.39 is 10.0 Å². The summed E-state index contributed by atoms with van der Waals surface area (Å²) in [6.07, 6.45) is 0. The standard InChI is InChI=1S/C23H21N5O4S/c1-2-24-23(30)27-18-7-5-6-17(14-18)26-22(29)15-10-12-16(13-11-15)25-21-19-8-3-4-9-20(19)33(31,32)28-21/h3-14H,2H2,1H3,(H,25,28)(H,26,29)(H2,24,27,30). The number of nitrogens with one attached hydrogen (secondary N) is 4. The third-order valence-corrected chi connectivity index (χ3v) is 6.09. The number of sulfonamides is 1. The lowest BCUT2D eigenvalue weighted by atomic mass is 10.1. The Morgan fingerprint density at radius 3 is 2.27 bits per heavy atom. The fraction of sp³-hybridized carbons (Fsp3) is 0.0870. The van der Waals surface area contributed by atoms with Crippen molar-refractivity contribution in [1.82, 2.24) is 5.32 Å². The Hall–Kier alpha value is -4.18. The Bertz CT molecular complexity index is 1350. The zero-order valence-corrected chi connectivity index (χ0v) is 18.4. The number of amides is 3. The van der Waals surface area contributed by atoms with Crippen LogP contribution in [0.2, 0.25) is 0 Å². The minimum absolute atomic E-state index is 0.160. The molecule has 0 bridgehead atoms. The number of amidine groups is 1. The van der Waals surface area contributed by atoms with Crippen LogP contribution in [-0.4, -0.2) is 32.7 Å². The van der Waals surface area contributed by atoms with Crippen molar-refractivity contribution in [2.45, 2.75) is 11.8 Å². The molecular formula is C23H21N5O4S. The summed E-state index contributed by atoms with van der Waals surface area (Å²) in [4.78, 5) is 24.4. The summed E-state index contributed by atoms with van der Waals surface area (Å²) >= 11 is 0. The van der Waals surface area contributed by atoms with Gasteiger partial charge in [0.25, 0.3) is 15.9 Å². The number of nitrogens with zero attached hydrogens (tertiary/aromatic N) is 1. The highest BCUT2D eigenvalue weighted by molar-refractivity contribution is 7.90. The quantitative estimate of drug-likeness (QED) is 0.459. The minimum atomic E-state index is -3.71. The van der Waals surface area contributed by atoms with Crippen LogP contribution < -0.4 is 21.3 Å². The summed E-state index contributed by atoms with van der Waals surface area (Å²) in [5.74, 6) is -0.0953. The maximum absolute atomic E-state index is 12.6. The number of carbonyl (C=O) groups excluding carboxylic acids is 2. The average molecular weight is 464 g/mol. The van der Waals surface area contributed by atoms with Crippen molar-refractivity contribution in [3.63, 3.8) is 0 Å². The summed E-state index contributed by atoms with van der Waals surface area (Å²) in [6.45, 7) is 2.32. The lowest BCUT2D eigenvalue weighted by Gasteiger charge is -2.10. The van der Waals surface area contributed by atoms with Crippen LogP contribution in [0.4, 0.5) is 21.9 Å². The molecule has 1 aliphatic rings. The van der Waals surface area contributed by atoms with Gasteiger partial charge in [0.05, 0.1) is 0 Å². The smallest absolute Gasteiger partial charge is 0.319 e. The van der Waals surface area contributed by atoms with Crippen molar-refractivity contribution < 1.29 is 18.0 Å². The van der Waals surface area contributed by atoms with Gasteiger partial charge in [-0.3, -0.25) is 4.79 Å². The highest BCUT2D eigenvalue weighted by Crippen LogP contribution is 2.26. The van der Waals surface area contributed by atoms with E-state index in [-0.39, 0.29) is 22.7 Å².